The topological polar surface area (TPSA) is 48.3 Å². The van der Waals surface area contributed by atoms with Crippen LogP contribution in [-0.4, -0.2) is 50.3 Å². The Labute approximate surface area is 119 Å². The van der Waals surface area contributed by atoms with Crippen LogP contribution in [0.2, 0.25) is 0 Å². The lowest BCUT2D eigenvalue weighted by molar-refractivity contribution is 0.148. The van der Waals surface area contributed by atoms with E-state index < -0.39 is 0 Å². The lowest BCUT2D eigenvalue weighted by atomic mass is 9.91. The van der Waals surface area contributed by atoms with Crippen LogP contribution >= 0.6 is 0 Å². The summed E-state index contributed by atoms with van der Waals surface area (Å²) in [4.78, 5) is 2.38. The van der Waals surface area contributed by atoms with E-state index in [0.29, 0.717) is 0 Å². The first-order valence-corrected chi connectivity index (χ1v) is 7.55. The van der Waals surface area contributed by atoms with Gasteiger partial charge in [0.2, 0.25) is 0 Å². The van der Waals surface area contributed by atoms with Crippen molar-refractivity contribution in [3.05, 3.63) is 0 Å². The number of ether oxygens (including phenoxy) is 1. The maximum absolute atomic E-state index is 9.42. The summed E-state index contributed by atoms with van der Waals surface area (Å²) in [6.07, 6.45) is 3.91. The molecule has 4 nitrogen and oxygen atoms in total. The van der Waals surface area contributed by atoms with Gasteiger partial charge in [0.25, 0.3) is 0 Å². The van der Waals surface area contributed by atoms with Crippen molar-refractivity contribution in [3.8, 4) is 6.07 Å². The van der Waals surface area contributed by atoms with Crippen molar-refractivity contribution in [2.45, 2.75) is 52.0 Å². The van der Waals surface area contributed by atoms with Gasteiger partial charge in [0.15, 0.2) is 0 Å². The summed E-state index contributed by atoms with van der Waals surface area (Å²) in [7, 11) is 1.74. The number of methoxy groups -OCH3 is 1. The molecule has 0 aromatic carbocycles. The molecule has 0 aliphatic carbocycles. The van der Waals surface area contributed by atoms with Gasteiger partial charge >= 0.3 is 0 Å². The summed E-state index contributed by atoms with van der Waals surface area (Å²) in [5.41, 5.74) is -0.337. The molecule has 0 radical (unpaired) electrons. The van der Waals surface area contributed by atoms with Crippen LogP contribution < -0.4 is 5.32 Å². The number of hydrogen-bond acceptors (Lipinski definition) is 4. The highest BCUT2D eigenvalue weighted by Gasteiger charge is 2.26. The number of nitrogens with zero attached hydrogens (tertiary/aromatic N) is 2. The molecular weight excluding hydrogens is 238 g/mol. The number of hydrogen-bond donors (Lipinski definition) is 1. The van der Waals surface area contributed by atoms with Gasteiger partial charge < -0.3 is 9.64 Å². The van der Waals surface area contributed by atoms with Gasteiger partial charge in [0, 0.05) is 13.7 Å². The summed E-state index contributed by atoms with van der Waals surface area (Å²) >= 11 is 0. The molecule has 4 heteroatoms. The first-order chi connectivity index (χ1) is 9.17. The SMILES string of the molecule is CCCNC(C#N)(CC)CCCN(CC)CCOC. The fourth-order valence-electron chi connectivity index (χ4n) is 2.18. The van der Waals surface area contributed by atoms with Gasteiger partial charge in [-0.15, -0.1) is 0 Å². The average molecular weight is 269 g/mol. The van der Waals surface area contributed by atoms with Crippen LogP contribution in [0.4, 0.5) is 0 Å². The Morgan fingerprint density at radius 3 is 2.47 bits per heavy atom. The zero-order valence-electron chi connectivity index (χ0n) is 13.2. The molecule has 0 aliphatic heterocycles. The molecule has 0 heterocycles. The van der Waals surface area contributed by atoms with Crippen LogP contribution in [0.1, 0.15) is 46.5 Å². The van der Waals surface area contributed by atoms with Crippen molar-refractivity contribution >= 4 is 0 Å². The van der Waals surface area contributed by atoms with Crippen molar-refractivity contribution in [1.82, 2.24) is 10.2 Å². The summed E-state index contributed by atoms with van der Waals surface area (Å²) in [6, 6.07) is 2.48. The van der Waals surface area contributed by atoms with Crippen LogP contribution in [-0.2, 0) is 4.74 Å². The van der Waals surface area contributed by atoms with E-state index in [0.717, 1.165) is 58.5 Å². The molecule has 0 saturated heterocycles. The Hall–Kier alpha value is -0.630. The third-order valence-corrected chi connectivity index (χ3v) is 3.67. The predicted molar refractivity (Wildman–Crippen MR) is 80.2 cm³/mol. The Bertz CT molecular complexity index is 252. The van der Waals surface area contributed by atoms with E-state index in [2.05, 4.69) is 37.1 Å². The number of likely N-dealkylation sites (N-methyl/N-ethyl adjacent to an activating group) is 1. The highest BCUT2D eigenvalue weighted by Crippen LogP contribution is 2.17. The van der Waals surface area contributed by atoms with Crippen LogP contribution in [0.25, 0.3) is 0 Å². The number of nitriles is 1. The third-order valence-electron chi connectivity index (χ3n) is 3.67. The standard InChI is InChI=1S/C15H31N3O/c1-5-10-17-15(6-2,14-16)9-8-11-18(7-3)12-13-19-4/h17H,5-13H2,1-4H3. The Kier molecular flexibility index (Phi) is 10.8. The molecule has 0 aromatic rings. The van der Waals surface area contributed by atoms with Crippen LogP contribution in [0, 0.1) is 11.3 Å². The van der Waals surface area contributed by atoms with Gasteiger partial charge in [-0.2, -0.15) is 5.26 Å². The first-order valence-electron chi connectivity index (χ1n) is 7.55. The van der Waals surface area contributed by atoms with Crippen molar-refractivity contribution < 1.29 is 4.74 Å². The molecule has 0 rings (SSSR count). The highest BCUT2D eigenvalue weighted by molar-refractivity contribution is 5.06. The van der Waals surface area contributed by atoms with Crippen molar-refractivity contribution in [1.29, 1.82) is 5.26 Å². The van der Waals surface area contributed by atoms with E-state index in [1.54, 1.807) is 7.11 Å². The fourth-order valence-corrected chi connectivity index (χ4v) is 2.18. The molecule has 0 aromatic heterocycles. The summed E-state index contributed by atoms with van der Waals surface area (Å²) in [5, 5.41) is 12.8. The Morgan fingerprint density at radius 1 is 1.26 bits per heavy atom. The van der Waals surface area contributed by atoms with Crippen LogP contribution in [0.15, 0.2) is 0 Å². The molecular formula is C15H31N3O. The molecule has 1 unspecified atom stereocenters. The molecule has 0 fully saturated rings. The second-order valence-electron chi connectivity index (χ2n) is 5.00. The summed E-state index contributed by atoms with van der Waals surface area (Å²) < 4.78 is 5.11. The van der Waals surface area contributed by atoms with E-state index in [1.807, 2.05) is 0 Å². The van der Waals surface area contributed by atoms with Gasteiger partial charge in [0.05, 0.1) is 12.7 Å². The quantitative estimate of drug-likeness (QED) is 0.591. The van der Waals surface area contributed by atoms with Crippen molar-refractivity contribution in [3.63, 3.8) is 0 Å². The Balaban J connectivity index is 4.13. The van der Waals surface area contributed by atoms with Crippen LogP contribution in [0.3, 0.4) is 0 Å². The van der Waals surface area contributed by atoms with Crippen molar-refractivity contribution in [2.24, 2.45) is 0 Å². The second-order valence-corrected chi connectivity index (χ2v) is 5.00. The molecule has 1 N–H and O–H groups in total. The molecule has 19 heavy (non-hydrogen) atoms. The maximum Gasteiger partial charge on any atom is 0.106 e. The molecule has 0 saturated carbocycles. The maximum atomic E-state index is 9.42. The molecule has 1 atom stereocenters. The second kappa shape index (κ2) is 11.2. The zero-order chi connectivity index (χ0) is 14.6. The summed E-state index contributed by atoms with van der Waals surface area (Å²) in [5.74, 6) is 0. The largest absolute Gasteiger partial charge is 0.383 e. The van der Waals surface area contributed by atoms with Gasteiger partial charge in [0.1, 0.15) is 5.54 Å². The van der Waals surface area contributed by atoms with Crippen LogP contribution in [0.5, 0.6) is 0 Å². The molecule has 0 bridgehead atoms. The normalized spacial score (nSPS) is 14.3. The molecule has 0 spiro atoms. The smallest absolute Gasteiger partial charge is 0.106 e. The van der Waals surface area contributed by atoms with Gasteiger partial charge in [-0.25, -0.2) is 0 Å². The highest BCUT2D eigenvalue weighted by atomic mass is 16.5. The monoisotopic (exact) mass is 269 g/mol. The summed E-state index contributed by atoms with van der Waals surface area (Å²) in [6.45, 7) is 11.1. The lowest BCUT2D eigenvalue weighted by Gasteiger charge is -2.28. The zero-order valence-corrected chi connectivity index (χ0v) is 13.2. The number of rotatable bonds is 12. The minimum Gasteiger partial charge on any atom is -0.383 e. The van der Waals surface area contributed by atoms with Gasteiger partial charge in [-0.1, -0.05) is 20.8 Å². The van der Waals surface area contributed by atoms with E-state index in [9.17, 15) is 5.26 Å². The van der Waals surface area contributed by atoms with E-state index in [1.165, 1.54) is 0 Å². The fraction of sp³-hybridized carbons (Fsp3) is 0.933. The van der Waals surface area contributed by atoms with Gasteiger partial charge in [-0.3, -0.25) is 5.32 Å². The molecule has 112 valence electrons. The molecule has 0 amide bonds. The predicted octanol–water partition coefficient (Wildman–Crippen LogP) is 2.41. The third kappa shape index (κ3) is 7.51. The first kappa shape index (κ1) is 18.4. The van der Waals surface area contributed by atoms with E-state index in [4.69, 9.17) is 4.74 Å². The van der Waals surface area contributed by atoms with E-state index >= 15 is 0 Å². The minimum atomic E-state index is -0.337. The van der Waals surface area contributed by atoms with Gasteiger partial charge in [-0.05, 0) is 45.3 Å². The Morgan fingerprint density at radius 2 is 2.00 bits per heavy atom. The minimum absolute atomic E-state index is 0.337. The lowest BCUT2D eigenvalue weighted by Crippen LogP contribution is -2.44. The number of nitrogens with one attached hydrogen (secondary N) is 1. The average Bonchev–Trinajstić information content (AvgIpc) is 2.46. The van der Waals surface area contributed by atoms with Crippen molar-refractivity contribution in [2.75, 3.05) is 39.9 Å². The molecule has 0 aliphatic rings. The van der Waals surface area contributed by atoms with E-state index in [-0.39, 0.29) is 5.54 Å².